The van der Waals surface area contributed by atoms with Crippen LogP contribution in [0.4, 0.5) is 0 Å². The van der Waals surface area contributed by atoms with Gasteiger partial charge in [-0.05, 0) is 50.5 Å². The van der Waals surface area contributed by atoms with Gasteiger partial charge in [-0.25, -0.2) is 0 Å². The van der Waals surface area contributed by atoms with Gasteiger partial charge >= 0.3 is 0 Å². The van der Waals surface area contributed by atoms with Gasteiger partial charge in [0.25, 0.3) is 0 Å². The summed E-state index contributed by atoms with van der Waals surface area (Å²) in [6.07, 6.45) is 6.39. The molecule has 3 nitrogen and oxygen atoms in total. The van der Waals surface area contributed by atoms with Gasteiger partial charge in [-0.3, -0.25) is 0 Å². The molecule has 112 valence electrons. The van der Waals surface area contributed by atoms with Crippen LogP contribution in [0, 0.1) is 10.8 Å². The van der Waals surface area contributed by atoms with Crippen LogP contribution >= 0.6 is 0 Å². The second-order valence-corrected chi connectivity index (χ2v) is 7.61. The van der Waals surface area contributed by atoms with Gasteiger partial charge in [0.2, 0.25) is 0 Å². The second-order valence-electron chi connectivity index (χ2n) is 7.61. The lowest BCUT2D eigenvalue weighted by atomic mass is 9.56. The third kappa shape index (κ3) is 2.84. The molecule has 1 saturated carbocycles. The molecule has 0 aromatic heterocycles. The van der Waals surface area contributed by atoms with Crippen molar-refractivity contribution in [1.29, 1.82) is 0 Å². The molecule has 2 rings (SSSR count). The van der Waals surface area contributed by atoms with Crippen molar-refractivity contribution in [2.24, 2.45) is 16.6 Å². The minimum absolute atomic E-state index is 0.0254. The first-order valence-corrected chi connectivity index (χ1v) is 8.01. The summed E-state index contributed by atoms with van der Waals surface area (Å²) in [7, 11) is 0. The highest BCUT2D eigenvalue weighted by atomic mass is 16.3. The molecule has 19 heavy (non-hydrogen) atoms. The molecule has 2 aliphatic rings. The number of nitrogens with two attached hydrogens (primary N) is 1. The van der Waals surface area contributed by atoms with E-state index in [1.807, 2.05) is 0 Å². The predicted molar refractivity (Wildman–Crippen MR) is 80.0 cm³/mol. The zero-order chi connectivity index (χ0) is 14.1. The van der Waals surface area contributed by atoms with Gasteiger partial charge in [0.15, 0.2) is 0 Å². The fourth-order valence-electron chi connectivity index (χ4n) is 4.03. The van der Waals surface area contributed by atoms with Crippen molar-refractivity contribution in [3.8, 4) is 0 Å². The third-order valence-electron chi connectivity index (χ3n) is 6.07. The lowest BCUT2D eigenvalue weighted by molar-refractivity contribution is -0.141. The van der Waals surface area contributed by atoms with Gasteiger partial charge in [0.05, 0.1) is 5.60 Å². The monoisotopic (exact) mass is 268 g/mol. The average molecular weight is 268 g/mol. The van der Waals surface area contributed by atoms with E-state index in [0.29, 0.717) is 12.0 Å². The smallest absolute Gasteiger partial charge is 0.0740 e. The van der Waals surface area contributed by atoms with Crippen LogP contribution in [0.1, 0.15) is 59.3 Å². The van der Waals surface area contributed by atoms with E-state index in [-0.39, 0.29) is 5.41 Å². The van der Waals surface area contributed by atoms with Crippen LogP contribution in [0.2, 0.25) is 0 Å². The topological polar surface area (TPSA) is 49.5 Å². The summed E-state index contributed by atoms with van der Waals surface area (Å²) < 4.78 is 0. The molecule has 1 heterocycles. The number of hydrogen-bond acceptors (Lipinski definition) is 3. The minimum atomic E-state index is -0.524. The molecule has 2 fully saturated rings. The molecule has 0 unspecified atom stereocenters. The van der Waals surface area contributed by atoms with Crippen molar-refractivity contribution < 1.29 is 5.11 Å². The molecule has 3 N–H and O–H groups in total. The molecule has 0 aromatic rings. The van der Waals surface area contributed by atoms with E-state index >= 15 is 0 Å². The fraction of sp³-hybridized carbons (Fsp3) is 1.00. The van der Waals surface area contributed by atoms with E-state index in [9.17, 15) is 5.11 Å². The Morgan fingerprint density at radius 1 is 1.00 bits per heavy atom. The standard InChI is InChI=1S/C16H32N2O/c1-4-18-11-9-16(19,10-12-18)15(13-17)7-5-14(2,3)6-8-15/h19H,4-13,17H2,1-3H3. The number of aliphatic hydroxyl groups is 1. The molecule has 0 atom stereocenters. The van der Waals surface area contributed by atoms with Gasteiger partial charge in [-0.15, -0.1) is 0 Å². The van der Waals surface area contributed by atoms with Gasteiger partial charge in [-0.2, -0.15) is 0 Å². The van der Waals surface area contributed by atoms with Crippen LogP contribution < -0.4 is 5.73 Å². The Morgan fingerprint density at radius 3 is 1.95 bits per heavy atom. The summed E-state index contributed by atoms with van der Waals surface area (Å²) in [5.74, 6) is 0. The van der Waals surface area contributed by atoms with Gasteiger partial charge in [-0.1, -0.05) is 20.8 Å². The maximum absolute atomic E-state index is 11.2. The number of rotatable bonds is 3. The summed E-state index contributed by atoms with van der Waals surface area (Å²) in [5, 5.41) is 11.2. The van der Waals surface area contributed by atoms with Crippen LogP contribution in [0.15, 0.2) is 0 Å². The van der Waals surface area contributed by atoms with Gasteiger partial charge < -0.3 is 15.7 Å². The molecular weight excluding hydrogens is 236 g/mol. The fourth-order valence-corrected chi connectivity index (χ4v) is 4.03. The SMILES string of the molecule is CCN1CCC(O)(C2(CN)CCC(C)(C)CC2)CC1. The van der Waals surface area contributed by atoms with Crippen LogP contribution in [0.5, 0.6) is 0 Å². The highest BCUT2D eigenvalue weighted by Crippen LogP contribution is 2.52. The maximum Gasteiger partial charge on any atom is 0.0740 e. The largest absolute Gasteiger partial charge is 0.389 e. The quantitative estimate of drug-likeness (QED) is 0.826. The van der Waals surface area contributed by atoms with Crippen molar-refractivity contribution in [3.05, 3.63) is 0 Å². The van der Waals surface area contributed by atoms with E-state index in [4.69, 9.17) is 5.73 Å². The first kappa shape index (κ1) is 15.3. The van der Waals surface area contributed by atoms with Crippen LogP contribution in [-0.4, -0.2) is 41.8 Å². The van der Waals surface area contributed by atoms with E-state index in [1.165, 1.54) is 12.8 Å². The Morgan fingerprint density at radius 2 is 1.53 bits per heavy atom. The third-order valence-corrected chi connectivity index (χ3v) is 6.07. The lowest BCUT2D eigenvalue weighted by Gasteiger charge is -2.55. The summed E-state index contributed by atoms with van der Waals surface area (Å²) >= 11 is 0. The minimum Gasteiger partial charge on any atom is -0.389 e. The number of likely N-dealkylation sites (tertiary alicyclic amines) is 1. The Hall–Kier alpha value is -0.120. The van der Waals surface area contributed by atoms with Crippen LogP contribution in [0.25, 0.3) is 0 Å². The molecule has 3 heteroatoms. The Balaban J connectivity index is 2.09. The van der Waals surface area contributed by atoms with Crippen molar-refractivity contribution >= 4 is 0 Å². The Bertz CT molecular complexity index is 296. The zero-order valence-electron chi connectivity index (χ0n) is 13.0. The van der Waals surface area contributed by atoms with Crippen molar-refractivity contribution in [2.75, 3.05) is 26.2 Å². The molecule has 0 aromatic carbocycles. The molecule has 0 bridgehead atoms. The summed E-state index contributed by atoms with van der Waals surface area (Å²) in [6.45, 7) is 10.7. The molecule has 1 saturated heterocycles. The summed E-state index contributed by atoms with van der Waals surface area (Å²) in [4.78, 5) is 2.44. The number of nitrogens with zero attached hydrogens (tertiary/aromatic N) is 1. The molecule has 0 radical (unpaired) electrons. The maximum atomic E-state index is 11.2. The average Bonchev–Trinajstić information content (AvgIpc) is 2.40. The Kier molecular flexibility index (Phi) is 4.29. The van der Waals surface area contributed by atoms with Gasteiger partial charge in [0, 0.05) is 25.0 Å². The highest BCUT2D eigenvalue weighted by Gasteiger charge is 2.52. The second kappa shape index (κ2) is 5.34. The summed E-state index contributed by atoms with van der Waals surface area (Å²) in [5.41, 5.74) is 6.02. The van der Waals surface area contributed by atoms with Crippen LogP contribution in [-0.2, 0) is 0 Å². The van der Waals surface area contributed by atoms with E-state index in [0.717, 1.165) is 45.3 Å². The van der Waals surface area contributed by atoms with Crippen LogP contribution in [0.3, 0.4) is 0 Å². The molecule has 0 spiro atoms. The Labute approximate surface area is 118 Å². The highest BCUT2D eigenvalue weighted by molar-refractivity contribution is 5.05. The molecule has 1 aliphatic heterocycles. The van der Waals surface area contributed by atoms with E-state index in [1.54, 1.807) is 0 Å². The lowest BCUT2D eigenvalue weighted by Crippen LogP contribution is -2.59. The number of piperidine rings is 1. The zero-order valence-corrected chi connectivity index (χ0v) is 13.0. The predicted octanol–water partition coefficient (Wildman–Crippen LogP) is 2.38. The number of hydrogen-bond donors (Lipinski definition) is 2. The molecular formula is C16H32N2O. The van der Waals surface area contributed by atoms with E-state index < -0.39 is 5.60 Å². The van der Waals surface area contributed by atoms with Crippen molar-refractivity contribution in [1.82, 2.24) is 4.90 Å². The molecule has 0 amide bonds. The van der Waals surface area contributed by atoms with Gasteiger partial charge in [0.1, 0.15) is 0 Å². The first-order valence-electron chi connectivity index (χ1n) is 8.01. The first-order chi connectivity index (χ1) is 8.86. The van der Waals surface area contributed by atoms with Crippen molar-refractivity contribution in [3.63, 3.8) is 0 Å². The normalized spacial score (nSPS) is 30.2. The molecule has 1 aliphatic carbocycles. The summed E-state index contributed by atoms with van der Waals surface area (Å²) in [6, 6.07) is 0. The van der Waals surface area contributed by atoms with Crippen molar-refractivity contribution in [2.45, 2.75) is 64.9 Å². The van der Waals surface area contributed by atoms with E-state index in [2.05, 4.69) is 25.7 Å².